The zero-order chi connectivity index (χ0) is 26.7. The van der Waals surface area contributed by atoms with Crippen molar-refractivity contribution >= 4 is 11.8 Å². The smallest absolute Gasteiger partial charge is 0.336 e. The number of ether oxygens (including phenoxy) is 4. The fourth-order valence-corrected chi connectivity index (χ4v) is 5.11. The lowest BCUT2D eigenvalue weighted by Gasteiger charge is -2.37. The van der Waals surface area contributed by atoms with Crippen LogP contribution in [0, 0.1) is 5.92 Å². The van der Waals surface area contributed by atoms with E-state index in [1.54, 1.807) is 27.4 Å². The van der Waals surface area contributed by atoms with Crippen molar-refractivity contribution < 1.29 is 28.5 Å². The monoisotopic (exact) mass is 505 g/mol. The van der Waals surface area contributed by atoms with Crippen LogP contribution in [0.25, 0.3) is 0 Å². The molecule has 0 aromatic heterocycles. The molecule has 0 fully saturated rings. The second-order valence-electron chi connectivity index (χ2n) is 9.90. The lowest BCUT2D eigenvalue weighted by Crippen LogP contribution is -2.36. The van der Waals surface area contributed by atoms with Gasteiger partial charge in [-0.1, -0.05) is 32.0 Å². The Morgan fingerprint density at radius 3 is 2.24 bits per heavy atom. The fourth-order valence-electron chi connectivity index (χ4n) is 5.11. The lowest BCUT2D eigenvalue weighted by molar-refractivity contribution is -0.140. The quantitative estimate of drug-likeness (QED) is 0.489. The van der Waals surface area contributed by atoms with Crippen LogP contribution in [0.4, 0.5) is 0 Å². The number of rotatable bonds is 8. The summed E-state index contributed by atoms with van der Waals surface area (Å²) in [5, 5.41) is 3.40. The van der Waals surface area contributed by atoms with Crippen molar-refractivity contribution in [3.63, 3.8) is 0 Å². The first kappa shape index (κ1) is 26.3. The van der Waals surface area contributed by atoms with Gasteiger partial charge in [0.2, 0.25) is 0 Å². The predicted molar refractivity (Wildman–Crippen MR) is 141 cm³/mol. The van der Waals surface area contributed by atoms with Gasteiger partial charge >= 0.3 is 5.97 Å². The van der Waals surface area contributed by atoms with Gasteiger partial charge in [-0.2, -0.15) is 0 Å². The Morgan fingerprint density at radius 2 is 1.62 bits per heavy atom. The van der Waals surface area contributed by atoms with E-state index in [2.05, 4.69) is 5.32 Å². The van der Waals surface area contributed by atoms with E-state index < -0.39 is 11.9 Å². The van der Waals surface area contributed by atoms with Crippen molar-refractivity contribution in [2.45, 2.75) is 45.4 Å². The number of carbonyl (C=O) groups excluding carboxylic acids is 2. The van der Waals surface area contributed by atoms with Crippen molar-refractivity contribution in [2.24, 2.45) is 5.92 Å². The van der Waals surface area contributed by atoms with E-state index in [-0.39, 0.29) is 17.6 Å². The minimum atomic E-state index is -0.569. The molecule has 1 heterocycles. The molecule has 0 saturated heterocycles. The molecular formula is C30H35NO6. The number of esters is 1. The zero-order valence-corrected chi connectivity index (χ0v) is 22.3. The Bertz CT molecular complexity index is 1240. The molecule has 7 heteroatoms. The van der Waals surface area contributed by atoms with Gasteiger partial charge in [0.05, 0.1) is 33.5 Å². The number of allylic oxidation sites excluding steroid dienone is 3. The van der Waals surface area contributed by atoms with Crippen molar-refractivity contribution in [1.82, 2.24) is 5.32 Å². The van der Waals surface area contributed by atoms with Gasteiger partial charge in [-0.15, -0.1) is 0 Å². The third kappa shape index (κ3) is 5.36. The zero-order valence-electron chi connectivity index (χ0n) is 22.3. The second-order valence-corrected chi connectivity index (χ2v) is 9.90. The highest BCUT2D eigenvalue weighted by molar-refractivity contribution is 6.04. The van der Waals surface area contributed by atoms with E-state index in [4.69, 9.17) is 18.9 Å². The molecule has 0 radical (unpaired) electrons. The molecule has 0 amide bonds. The molecule has 0 spiro atoms. The Morgan fingerprint density at radius 1 is 0.946 bits per heavy atom. The number of carbonyl (C=O) groups is 2. The van der Waals surface area contributed by atoms with E-state index in [0.29, 0.717) is 47.8 Å². The summed E-state index contributed by atoms with van der Waals surface area (Å²) in [6, 6.07) is 13.4. The summed E-state index contributed by atoms with van der Waals surface area (Å²) in [6.07, 6.45) is 1.01. The van der Waals surface area contributed by atoms with Crippen LogP contribution in [0.15, 0.2) is 65.0 Å². The van der Waals surface area contributed by atoms with Crippen LogP contribution < -0.4 is 19.5 Å². The minimum Gasteiger partial charge on any atom is -0.497 e. The van der Waals surface area contributed by atoms with Crippen molar-refractivity contribution in [3.8, 4) is 17.2 Å². The maximum Gasteiger partial charge on any atom is 0.336 e. The van der Waals surface area contributed by atoms with Gasteiger partial charge in [0.1, 0.15) is 5.75 Å². The number of ketones is 1. The molecule has 2 unspecified atom stereocenters. The van der Waals surface area contributed by atoms with Gasteiger partial charge in [0.15, 0.2) is 17.3 Å². The van der Waals surface area contributed by atoms with E-state index in [1.165, 1.54) is 0 Å². The molecule has 0 bridgehead atoms. The van der Waals surface area contributed by atoms with E-state index in [1.807, 2.05) is 57.2 Å². The summed E-state index contributed by atoms with van der Waals surface area (Å²) in [7, 11) is 4.78. The first-order valence-corrected chi connectivity index (χ1v) is 12.5. The van der Waals surface area contributed by atoms with Crippen molar-refractivity contribution in [3.05, 3.63) is 76.1 Å². The third-order valence-electron chi connectivity index (χ3n) is 6.92. The Kier molecular flexibility index (Phi) is 7.91. The number of hydrogen-bond donors (Lipinski definition) is 1. The minimum absolute atomic E-state index is 0.0102. The molecule has 2 aliphatic rings. The third-order valence-corrected chi connectivity index (χ3v) is 6.92. The molecule has 196 valence electrons. The number of hydrogen-bond acceptors (Lipinski definition) is 7. The average Bonchev–Trinajstić information content (AvgIpc) is 2.90. The second kappa shape index (κ2) is 11.1. The topological polar surface area (TPSA) is 83.1 Å². The molecule has 7 nitrogen and oxygen atoms in total. The van der Waals surface area contributed by atoms with E-state index >= 15 is 0 Å². The van der Waals surface area contributed by atoms with Crippen LogP contribution in [-0.4, -0.2) is 39.7 Å². The highest BCUT2D eigenvalue weighted by Crippen LogP contribution is 2.47. The normalized spacial score (nSPS) is 19.4. The highest BCUT2D eigenvalue weighted by atomic mass is 16.5. The van der Waals surface area contributed by atoms with Gasteiger partial charge in [-0.3, -0.25) is 4.79 Å². The van der Waals surface area contributed by atoms with Crippen LogP contribution in [0.2, 0.25) is 0 Å². The van der Waals surface area contributed by atoms with Crippen LogP contribution in [0.1, 0.15) is 56.6 Å². The van der Waals surface area contributed by atoms with Crippen LogP contribution >= 0.6 is 0 Å². The number of benzene rings is 2. The summed E-state index contributed by atoms with van der Waals surface area (Å²) >= 11 is 0. The summed E-state index contributed by atoms with van der Waals surface area (Å²) in [5.74, 6) is 1.13. The Balaban J connectivity index is 1.78. The SMILES string of the molecule is COc1ccc(C2CC(=O)C3=C(C2)NC(C)=C(C(=O)OCC(C)C)C3c2ccc(OC)c(OC)c2)cc1. The average molecular weight is 506 g/mol. The van der Waals surface area contributed by atoms with E-state index in [0.717, 1.165) is 22.6 Å². The number of nitrogens with one attached hydrogen (secondary N) is 1. The fraction of sp³-hybridized carbons (Fsp3) is 0.400. The molecule has 1 N–H and O–H groups in total. The summed E-state index contributed by atoms with van der Waals surface area (Å²) in [4.78, 5) is 27.2. The first-order valence-electron chi connectivity index (χ1n) is 12.5. The number of methoxy groups -OCH3 is 3. The summed E-state index contributed by atoms with van der Waals surface area (Å²) in [5.41, 5.74) is 4.44. The van der Waals surface area contributed by atoms with Gasteiger partial charge in [0, 0.05) is 29.3 Å². The van der Waals surface area contributed by atoms with E-state index in [9.17, 15) is 9.59 Å². The Labute approximate surface area is 218 Å². The summed E-state index contributed by atoms with van der Waals surface area (Å²) < 4.78 is 21.9. The molecular weight excluding hydrogens is 470 g/mol. The van der Waals surface area contributed by atoms with Gasteiger partial charge < -0.3 is 24.3 Å². The van der Waals surface area contributed by atoms with Crippen LogP contribution in [0.3, 0.4) is 0 Å². The van der Waals surface area contributed by atoms with Crippen molar-refractivity contribution in [1.29, 1.82) is 0 Å². The largest absolute Gasteiger partial charge is 0.497 e. The first-order chi connectivity index (χ1) is 17.8. The standard InChI is InChI=1S/C30H35NO6/c1-17(2)16-37-30(33)27-18(3)31-23-13-21(19-7-10-22(34-4)11-8-19)14-24(32)29(23)28(27)20-9-12-25(35-5)26(15-20)36-6/h7-12,15,17,21,28,31H,13-14,16H2,1-6H3. The Hall–Kier alpha value is -3.74. The highest BCUT2D eigenvalue weighted by Gasteiger charge is 2.41. The van der Waals surface area contributed by atoms with Gasteiger partial charge in [0.25, 0.3) is 0 Å². The maximum atomic E-state index is 13.8. The van der Waals surface area contributed by atoms with Crippen LogP contribution in [0.5, 0.6) is 17.2 Å². The molecule has 1 aliphatic carbocycles. The van der Waals surface area contributed by atoms with Crippen molar-refractivity contribution in [2.75, 3.05) is 27.9 Å². The molecule has 2 atom stereocenters. The maximum absolute atomic E-state index is 13.8. The summed E-state index contributed by atoms with van der Waals surface area (Å²) in [6.45, 7) is 6.15. The molecule has 4 rings (SSSR count). The molecule has 2 aromatic rings. The molecule has 0 saturated carbocycles. The number of Topliss-reactive ketones (excluding diaryl/α,β-unsaturated/α-hetero) is 1. The van der Waals surface area contributed by atoms with Gasteiger partial charge in [-0.25, -0.2) is 4.79 Å². The molecule has 1 aliphatic heterocycles. The van der Waals surface area contributed by atoms with Crippen LogP contribution in [-0.2, 0) is 14.3 Å². The molecule has 2 aromatic carbocycles. The lowest BCUT2D eigenvalue weighted by atomic mass is 9.71. The predicted octanol–water partition coefficient (Wildman–Crippen LogP) is 5.27. The van der Waals surface area contributed by atoms with Gasteiger partial charge in [-0.05, 0) is 60.6 Å². The number of dihydropyridines is 1. The molecule has 37 heavy (non-hydrogen) atoms.